The summed E-state index contributed by atoms with van der Waals surface area (Å²) in [7, 11) is 0. The zero-order valence-electron chi connectivity index (χ0n) is 11.1. The van der Waals surface area contributed by atoms with Crippen molar-refractivity contribution in [2.24, 2.45) is 5.41 Å². The minimum Gasteiger partial charge on any atom is -0.392 e. The minimum atomic E-state index is -0.266. The van der Waals surface area contributed by atoms with Crippen molar-refractivity contribution in [1.82, 2.24) is 5.32 Å². The molecule has 0 heterocycles. The van der Waals surface area contributed by atoms with Gasteiger partial charge in [0.2, 0.25) is 0 Å². The molecule has 0 saturated heterocycles. The quantitative estimate of drug-likeness (QED) is 0.701. The Labute approximate surface area is 99.6 Å². The molecule has 0 radical (unpaired) electrons. The van der Waals surface area contributed by atoms with Crippen molar-refractivity contribution in [2.45, 2.75) is 65.2 Å². The third-order valence-electron chi connectivity index (χ3n) is 4.13. The molecule has 1 aliphatic carbocycles. The van der Waals surface area contributed by atoms with Gasteiger partial charge < -0.3 is 15.2 Å². The summed E-state index contributed by atoms with van der Waals surface area (Å²) >= 11 is 0. The van der Waals surface area contributed by atoms with Gasteiger partial charge >= 0.3 is 0 Å². The summed E-state index contributed by atoms with van der Waals surface area (Å²) in [6, 6.07) is 0.508. The molecule has 2 unspecified atom stereocenters. The number of aliphatic hydroxyl groups is 1. The van der Waals surface area contributed by atoms with Crippen LogP contribution >= 0.6 is 0 Å². The van der Waals surface area contributed by atoms with E-state index in [2.05, 4.69) is 26.1 Å². The highest BCUT2D eigenvalue weighted by Crippen LogP contribution is 2.48. The minimum absolute atomic E-state index is 0.266. The fourth-order valence-corrected chi connectivity index (χ4v) is 2.98. The summed E-state index contributed by atoms with van der Waals surface area (Å²) in [5.41, 5.74) is 0.283. The average Bonchev–Trinajstić information content (AvgIpc) is 2.24. The molecular formula is C13H27NO2. The molecule has 0 aromatic rings. The first-order valence-corrected chi connectivity index (χ1v) is 6.63. The van der Waals surface area contributed by atoms with Crippen molar-refractivity contribution in [3.8, 4) is 0 Å². The Balaban J connectivity index is 2.53. The normalized spacial score (nSPS) is 29.8. The molecule has 0 aromatic carbocycles. The van der Waals surface area contributed by atoms with Crippen molar-refractivity contribution in [1.29, 1.82) is 0 Å². The molecular weight excluding hydrogens is 202 g/mol. The van der Waals surface area contributed by atoms with E-state index in [9.17, 15) is 5.11 Å². The van der Waals surface area contributed by atoms with Gasteiger partial charge in [0.15, 0.2) is 0 Å². The monoisotopic (exact) mass is 229 g/mol. The maximum atomic E-state index is 9.31. The molecule has 1 fully saturated rings. The smallest absolute Gasteiger partial charge is 0.0660 e. The third-order valence-corrected chi connectivity index (χ3v) is 4.13. The summed E-state index contributed by atoms with van der Waals surface area (Å²) in [6.07, 6.45) is 3.51. The first-order valence-electron chi connectivity index (χ1n) is 6.63. The van der Waals surface area contributed by atoms with E-state index in [1.54, 1.807) is 0 Å². The van der Waals surface area contributed by atoms with Crippen LogP contribution in [0.3, 0.4) is 0 Å². The van der Waals surface area contributed by atoms with E-state index in [1.807, 2.05) is 6.92 Å². The number of nitrogens with one attached hydrogen (secondary N) is 1. The Morgan fingerprint density at radius 2 is 2.00 bits per heavy atom. The first-order chi connectivity index (χ1) is 7.60. The van der Waals surface area contributed by atoms with E-state index in [4.69, 9.17) is 4.74 Å². The van der Waals surface area contributed by atoms with E-state index in [0.29, 0.717) is 18.7 Å². The summed E-state index contributed by atoms with van der Waals surface area (Å²) in [6.45, 7) is 9.86. The van der Waals surface area contributed by atoms with Crippen LogP contribution in [0.1, 0.15) is 47.0 Å². The lowest BCUT2D eigenvalue weighted by Gasteiger charge is -2.55. The molecule has 0 spiro atoms. The highest BCUT2D eigenvalue weighted by molar-refractivity contribution is 5.06. The molecule has 1 rings (SSSR count). The molecule has 2 N–H and O–H groups in total. The zero-order chi connectivity index (χ0) is 12.2. The summed E-state index contributed by atoms with van der Waals surface area (Å²) in [5.74, 6) is 0. The molecule has 1 saturated carbocycles. The Bertz CT molecular complexity index is 202. The highest BCUT2D eigenvalue weighted by Gasteiger charge is 2.52. The van der Waals surface area contributed by atoms with Crippen LogP contribution < -0.4 is 5.32 Å². The van der Waals surface area contributed by atoms with Crippen LogP contribution in [0.2, 0.25) is 0 Å². The third kappa shape index (κ3) is 2.58. The van der Waals surface area contributed by atoms with Crippen LogP contribution in [-0.2, 0) is 4.74 Å². The van der Waals surface area contributed by atoms with E-state index < -0.39 is 0 Å². The predicted octanol–water partition coefficient (Wildman–Crippen LogP) is 1.94. The lowest BCUT2D eigenvalue weighted by Crippen LogP contribution is -2.64. The van der Waals surface area contributed by atoms with Crippen molar-refractivity contribution in [3.63, 3.8) is 0 Å². The van der Waals surface area contributed by atoms with Gasteiger partial charge in [0.05, 0.1) is 12.2 Å². The highest BCUT2D eigenvalue weighted by atomic mass is 16.5. The second kappa shape index (κ2) is 5.99. The van der Waals surface area contributed by atoms with Crippen molar-refractivity contribution >= 4 is 0 Å². The molecule has 1 aliphatic rings. The maximum absolute atomic E-state index is 9.31. The van der Waals surface area contributed by atoms with Crippen LogP contribution in [0, 0.1) is 5.41 Å². The number of hydrogen-bond acceptors (Lipinski definition) is 3. The van der Waals surface area contributed by atoms with E-state index in [0.717, 1.165) is 25.9 Å². The van der Waals surface area contributed by atoms with E-state index in [1.165, 1.54) is 0 Å². The van der Waals surface area contributed by atoms with E-state index >= 15 is 0 Å². The number of rotatable bonds is 7. The summed E-state index contributed by atoms with van der Waals surface area (Å²) < 4.78 is 5.81. The number of aliphatic hydroxyl groups excluding tert-OH is 1. The molecule has 3 heteroatoms. The predicted molar refractivity (Wildman–Crippen MR) is 66.5 cm³/mol. The van der Waals surface area contributed by atoms with Gasteiger partial charge in [0.25, 0.3) is 0 Å². The fraction of sp³-hybridized carbons (Fsp3) is 1.00. The van der Waals surface area contributed by atoms with Gasteiger partial charge in [-0.25, -0.2) is 0 Å². The Morgan fingerprint density at radius 3 is 2.44 bits per heavy atom. The molecule has 3 nitrogen and oxygen atoms in total. The first kappa shape index (κ1) is 13.9. The van der Waals surface area contributed by atoms with Gasteiger partial charge in [0, 0.05) is 24.6 Å². The number of ether oxygens (including phenoxy) is 1. The Morgan fingerprint density at radius 1 is 1.38 bits per heavy atom. The zero-order valence-corrected chi connectivity index (χ0v) is 11.1. The number of hydrogen-bond donors (Lipinski definition) is 2. The van der Waals surface area contributed by atoms with Gasteiger partial charge in [0.1, 0.15) is 0 Å². The molecule has 0 aromatic heterocycles. The average molecular weight is 229 g/mol. The molecule has 0 aliphatic heterocycles. The molecule has 0 amide bonds. The SMILES string of the molecule is CCOC1CC(NC[C@@H](C)O)C1(CC)CC. The van der Waals surface area contributed by atoms with Gasteiger partial charge in [-0.15, -0.1) is 0 Å². The van der Waals surface area contributed by atoms with Crippen LogP contribution in [0.4, 0.5) is 0 Å². The Kier molecular flexibility index (Phi) is 5.22. The van der Waals surface area contributed by atoms with Crippen molar-refractivity contribution < 1.29 is 9.84 Å². The Hall–Kier alpha value is -0.120. The summed E-state index contributed by atoms with van der Waals surface area (Å²) in [4.78, 5) is 0. The second-order valence-corrected chi connectivity index (χ2v) is 4.93. The van der Waals surface area contributed by atoms with E-state index in [-0.39, 0.29) is 11.5 Å². The molecule has 16 heavy (non-hydrogen) atoms. The van der Waals surface area contributed by atoms with Crippen LogP contribution in [0.15, 0.2) is 0 Å². The fourth-order valence-electron chi connectivity index (χ4n) is 2.98. The largest absolute Gasteiger partial charge is 0.392 e. The van der Waals surface area contributed by atoms with Crippen molar-refractivity contribution in [2.75, 3.05) is 13.2 Å². The van der Waals surface area contributed by atoms with Gasteiger partial charge in [-0.05, 0) is 33.1 Å². The van der Waals surface area contributed by atoms with Crippen molar-refractivity contribution in [3.05, 3.63) is 0 Å². The van der Waals surface area contributed by atoms with Crippen LogP contribution in [-0.4, -0.2) is 36.5 Å². The summed E-state index contributed by atoms with van der Waals surface area (Å²) in [5, 5.41) is 12.8. The maximum Gasteiger partial charge on any atom is 0.0660 e. The lowest BCUT2D eigenvalue weighted by atomic mass is 9.58. The molecule has 3 atom stereocenters. The van der Waals surface area contributed by atoms with Gasteiger partial charge in [-0.2, -0.15) is 0 Å². The second-order valence-electron chi connectivity index (χ2n) is 4.93. The van der Waals surface area contributed by atoms with Gasteiger partial charge in [-0.3, -0.25) is 0 Å². The van der Waals surface area contributed by atoms with Crippen LogP contribution in [0.25, 0.3) is 0 Å². The standard InChI is InChI=1S/C13H27NO2/c1-5-13(6-2)11(14-9-10(4)15)8-12(13)16-7-3/h10-12,14-15H,5-9H2,1-4H3/t10-,11?,12?/m1/s1. The van der Waals surface area contributed by atoms with Crippen LogP contribution in [0.5, 0.6) is 0 Å². The topological polar surface area (TPSA) is 41.5 Å². The molecule has 0 bridgehead atoms. The molecule has 96 valence electrons. The lowest BCUT2D eigenvalue weighted by molar-refractivity contribution is -0.138. The van der Waals surface area contributed by atoms with Gasteiger partial charge in [-0.1, -0.05) is 13.8 Å².